The highest BCUT2D eigenvalue weighted by molar-refractivity contribution is 14.1. The minimum absolute atomic E-state index is 0.109. The lowest BCUT2D eigenvalue weighted by Crippen LogP contribution is -2.29. The van der Waals surface area contributed by atoms with E-state index in [-0.39, 0.29) is 22.6 Å². The molecule has 1 heterocycles. The number of rotatable bonds is 6. The third-order valence-electron chi connectivity index (χ3n) is 5.27. The number of carbonyl (C=O) groups excluding carboxylic acids is 2. The number of fused-ring (bicyclic) bond motifs is 1. The number of nitrogens with zero attached hydrogens (tertiary/aromatic N) is 1. The average Bonchev–Trinajstić information content (AvgIpc) is 3.25. The van der Waals surface area contributed by atoms with E-state index in [1.54, 1.807) is 31.2 Å². The van der Waals surface area contributed by atoms with Gasteiger partial charge in [0.25, 0.3) is 15.9 Å². The molecule has 1 aliphatic rings. The van der Waals surface area contributed by atoms with Crippen LogP contribution in [0.25, 0.3) is 0 Å². The van der Waals surface area contributed by atoms with Crippen molar-refractivity contribution in [1.82, 2.24) is 0 Å². The SMILES string of the molecule is CCOC(=O)c1cc(I)ccc1NC(=O)c1ccc(S(=O)(=O)N2CCc3ccccc32)cc1. The van der Waals surface area contributed by atoms with Crippen molar-refractivity contribution in [2.45, 2.75) is 18.2 Å². The average molecular weight is 576 g/mol. The lowest BCUT2D eigenvalue weighted by atomic mass is 10.1. The van der Waals surface area contributed by atoms with Crippen LogP contribution >= 0.6 is 22.6 Å². The number of anilines is 2. The van der Waals surface area contributed by atoms with Gasteiger partial charge in [-0.2, -0.15) is 0 Å². The van der Waals surface area contributed by atoms with Crippen LogP contribution in [-0.2, 0) is 21.2 Å². The number of hydrogen-bond donors (Lipinski definition) is 1. The largest absolute Gasteiger partial charge is 0.462 e. The standard InChI is InChI=1S/C24H21IN2O5S/c1-2-32-24(29)20-15-18(25)9-12-21(20)26-23(28)17-7-10-19(11-8-17)33(30,31)27-14-13-16-5-3-4-6-22(16)27/h3-12,15H,2,13-14H2,1H3,(H,26,28). The third kappa shape index (κ3) is 4.74. The number of amides is 1. The maximum absolute atomic E-state index is 13.2. The lowest BCUT2D eigenvalue weighted by Gasteiger charge is -2.19. The van der Waals surface area contributed by atoms with E-state index in [1.165, 1.54) is 28.6 Å². The first kappa shape index (κ1) is 23.2. The topological polar surface area (TPSA) is 92.8 Å². The quantitative estimate of drug-likeness (QED) is 0.346. The van der Waals surface area contributed by atoms with Gasteiger partial charge in [-0.25, -0.2) is 13.2 Å². The van der Waals surface area contributed by atoms with Crippen molar-refractivity contribution in [3.05, 3.63) is 87.0 Å². The number of halogens is 1. The number of nitrogens with one attached hydrogen (secondary N) is 1. The molecule has 0 aromatic heterocycles. The van der Waals surface area contributed by atoms with Gasteiger partial charge in [-0.3, -0.25) is 9.10 Å². The Morgan fingerprint density at radius 3 is 2.52 bits per heavy atom. The smallest absolute Gasteiger partial charge is 0.340 e. The van der Waals surface area contributed by atoms with Crippen LogP contribution in [-0.4, -0.2) is 33.4 Å². The molecular weight excluding hydrogens is 555 g/mol. The second-order valence-corrected chi connectivity index (χ2v) is 10.5. The normalized spacial score (nSPS) is 12.8. The van der Waals surface area contributed by atoms with E-state index >= 15 is 0 Å². The van der Waals surface area contributed by atoms with Crippen LogP contribution in [0.1, 0.15) is 33.2 Å². The summed E-state index contributed by atoms with van der Waals surface area (Å²) in [6.45, 7) is 2.31. The van der Waals surface area contributed by atoms with E-state index in [2.05, 4.69) is 27.9 Å². The number of sulfonamides is 1. The predicted octanol–water partition coefficient (Wildman–Crippen LogP) is 4.47. The molecule has 4 rings (SSSR count). The van der Waals surface area contributed by atoms with Crippen molar-refractivity contribution < 1.29 is 22.7 Å². The van der Waals surface area contributed by atoms with Crippen molar-refractivity contribution >= 4 is 55.9 Å². The molecule has 0 fully saturated rings. The van der Waals surface area contributed by atoms with E-state index < -0.39 is 21.9 Å². The molecule has 3 aromatic carbocycles. The molecule has 0 spiro atoms. The molecule has 9 heteroatoms. The Morgan fingerprint density at radius 1 is 1.06 bits per heavy atom. The van der Waals surface area contributed by atoms with Crippen molar-refractivity contribution in [2.24, 2.45) is 0 Å². The first-order chi connectivity index (χ1) is 15.8. The molecule has 0 aliphatic carbocycles. The molecule has 1 amide bonds. The highest BCUT2D eigenvalue weighted by Crippen LogP contribution is 2.32. The van der Waals surface area contributed by atoms with E-state index in [1.807, 2.05) is 18.2 Å². The van der Waals surface area contributed by atoms with Gasteiger partial charge in [-0.05, 0) is 90.0 Å². The van der Waals surface area contributed by atoms with Gasteiger partial charge in [0.05, 0.1) is 28.4 Å². The summed E-state index contributed by atoms with van der Waals surface area (Å²) in [6.07, 6.45) is 0.661. The molecule has 33 heavy (non-hydrogen) atoms. The van der Waals surface area contributed by atoms with Gasteiger partial charge in [0.1, 0.15) is 0 Å². The van der Waals surface area contributed by atoms with Gasteiger partial charge in [0, 0.05) is 15.7 Å². The summed E-state index contributed by atoms with van der Waals surface area (Å²) < 4.78 is 33.6. The maximum atomic E-state index is 13.2. The van der Waals surface area contributed by atoms with Crippen LogP contribution in [0.2, 0.25) is 0 Å². The van der Waals surface area contributed by atoms with E-state index in [9.17, 15) is 18.0 Å². The monoisotopic (exact) mass is 576 g/mol. The van der Waals surface area contributed by atoms with Gasteiger partial charge in [-0.15, -0.1) is 0 Å². The summed E-state index contributed by atoms with van der Waals surface area (Å²) >= 11 is 2.07. The molecule has 0 radical (unpaired) electrons. The molecular formula is C24H21IN2O5S. The molecule has 3 aromatic rings. The molecule has 1 N–H and O–H groups in total. The van der Waals surface area contributed by atoms with E-state index in [0.29, 0.717) is 24.3 Å². The lowest BCUT2D eigenvalue weighted by molar-refractivity contribution is 0.0527. The molecule has 0 atom stereocenters. The Hall–Kier alpha value is -2.92. The minimum Gasteiger partial charge on any atom is -0.462 e. The van der Waals surface area contributed by atoms with Crippen molar-refractivity contribution in [2.75, 3.05) is 22.8 Å². The number of benzene rings is 3. The highest BCUT2D eigenvalue weighted by Gasteiger charge is 2.30. The van der Waals surface area contributed by atoms with Crippen LogP contribution in [0.3, 0.4) is 0 Å². The molecule has 170 valence electrons. The Balaban J connectivity index is 1.55. The fourth-order valence-electron chi connectivity index (χ4n) is 3.66. The maximum Gasteiger partial charge on any atom is 0.340 e. The van der Waals surface area contributed by atoms with Crippen molar-refractivity contribution in [3.8, 4) is 0 Å². The molecule has 0 unspecified atom stereocenters. The van der Waals surface area contributed by atoms with Crippen molar-refractivity contribution in [1.29, 1.82) is 0 Å². The van der Waals surface area contributed by atoms with Gasteiger partial charge in [0.2, 0.25) is 0 Å². The van der Waals surface area contributed by atoms with Crippen LogP contribution < -0.4 is 9.62 Å². The first-order valence-electron chi connectivity index (χ1n) is 10.3. The molecule has 0 bridgehead atoms. The van der Waals surface area contributed by atoms with Gasteiger partial charge in [-0.1, -0.05) is 18.2 Å². The van der Waals surface area contributed by atoms with Gasteiger partial charge in [0.15, 0.2) is 0 Å². The Kier molecular flexibility index (Phi) is 6.71. The van der Waals surface area contributed by atoms with E-state index in [4.69, 9.17) is 4.74 Å². The zero-order valence-corrected chi connectivity index (χ0v) is 20.7. The molecule has 7 nitrogen and oxygen atoms in total. The fourth-order valence-corrected chi connectivity index (χ4v) is 5.66. The predicted molar refractivity (Wildman–Crippen MR) is 134 cm³/mol. The fraction of sp³-hybridized carbons (Fsp3) is 0.167. The van der Waals surface area contributed by atoms with Crippen LogP contribution in [0.4, 0.5) is 11.4 Å². The first-order valence-corrected chi connectivity index (χ1v) is 12.8. The van der Waals surface area contributed by atoms with Gasteiger partial charge < -0.3 is 10.1 Å². The number of ether oxygens (including phenoxy) is 1. The second-order valence-electron chi connectivity index (χ2n) is 7.34. The number of carbonyl (C=O) groups is 2. The highest BCUT2D eigenvalue weighted by atomic mass is 127. The number of esters is 1. The zero-order chi connectivity index (χ0) is 23.6. The van der Waals surface area contributed by atoms with Crippen LogP contribution in [0.15, 0.2) is 71.6 Å². The second kappa shape index (κ2) is 9.52. The van der Waals surface area contributed by atoms with Gasteiger partial charge >= 0.3 is 5.97 Å². The van der Waals surface area contributed by atoms with E-state index in [0.717, 1.165) is 9.13 Å². The van der Waals surface area contributed by atoms with Crippen LogP contribution in [0.5, 0.6) is 0 Å². The summed E-state index contributed by atoms with van der Waals surface area (Å²) in [5.41, 5.74) is 2.52. The molecule has 0 saturated heterocycles. The Morgan fingerprint density at radius 2 is 1.79 bits per heavy atom. The van der Waals surface area contributed by atoms with Crippen LogP contribution in [0, 0.1) is 3.57 Å². The number of para-hydroxylation sites is 1. The Bertz CT molecular complexity index is 1320. The third-order valence-corrected chi connectivity index (χ3v) is 7.77. The summed E-state index contributed by atoms with van der Waals surface area (Å²) in [4.78, 5) is 25.2. The molecule has 0 saturated carbocycles. The van der Waals surface area contributed by atoms with Crippen molar-refractivity contribution in [3.63, 3.8) is 0 Å². The summed E-state index contributed by atoms with van der Waals surface area (Å²) in [7, 11) is -3.74. The summed E-state index contributed by atoms with van der Waals surface area (Å²) in [5, 5.41) is 2.72. The summed E-state index contributed by atoms with van der Waals surface area (Å²) in [5.74, 6) is -0.990. The Labute approximate surface area is 205 Å². The summed E-state index contributed by atoms with van der Waals surface area (Å²) in [6, 6.07) is 18.2. The number of hydrogen-bond acceptors (Lipinski definition) is 5. The zero-order valence-electron chi connectivity index (χ0n) is 17.7. The minimum atomic E-state index is -3.74. The molecule has 1 aliphatic heterocycles.